The molecule has 0 radical (unpaired) electrons. The minimum absolute atomic E-state index is 0.745. The molecule has 0 N–H and O–H groups in total. The highest BCUT2D eigenvalue weighted by molar-refractivity contribution is 5.91. The normalized spacial score (nSPS) is 11.2. The van der Waals surface area contributed by atoms with Gasteiger partial charge >= 0.3 is 0 Å². The lowest BCUT2D eigenvalue weighted by molar-refractivity contribution is 0.654. The molecule has 0 aromatic carbocycles. The van der Waals surface area contributed by atoms with Gasteiger partial charge in [0, 0.05) is 51.0 Å². The van der Waals surface area contributed by atoms with Crippen molar-refractivity contribution >= 4 is 17.0 Å². The zero-order chi connectivity index (χ0) is 14.3. The standard InChI is InChI=1S/C14H18N6/c1-5-20-14(18(2)3)16-12(17-20)10-6-8-15-13-11(10)7-9-19(13)4/h6-9H,5H2,1-4H3. The van der Waals surface area contributed by atoms with Gasteiger partial charge in [0.2, 0.25) is 5.95 Å². The van der Waals surface area contributed by atoms with Crippen molar-refractivity contribution in [3.05, 3.63) is 24.5 Å². The lowest BCUT2D eigenvalue weighted by Gasteiger charge is -2.10. The van der Waals surface area contributed by atoms with E-state index >= 15 is 0 Å². The third kappa shape index (κ3) is 1.84. The number of aromatic nitrogens is 5. The Kier molecular flexibility index (Phi) is 2.93. The van der Waals surface area contributed by atoms with E-state index in [4.69, 9.17) is 0 Å². The molecule has 20 heavy (non-hydrogen) atoms. The first kappa shape index (κ1) is 12.7. The minimum atomic E-state index is 0.745. The van der Waals surface area contributed by atoms with E-state index in [1.165, 1.54) is 0 Å². The fourth-order valence-electron chi connectivity index (χ4n) is 2.35. The van der Waals surface area contributed by atoms with Gasteiger partial charge in [0.05, 0.1) is 0 Å². The third-order valence-corrected chi connectivity index (χ3v) is 3.36. The number of hydrogen-bond acceptors (Lipinski definition) is 4. The SMILES string of the molecule is CCn1nc(-c2ccnc3c2ccn3C)nc1N(C)C. The number of fused-ring (bicyclic) bond motifs is 1. The molecule has 6 heteroatoms. The largest absolute Gasteiger partial charge is 0.347 e. The van der Waals surface area contributed by atoms with Gasteiger partial charge in [0.25, 0.3) is 0 Å². The summed E-state index contributed by atoms with van der Waals surface area (Å²) in [6.45, 7) is 2.86. The fraction of sp³-hybridized carbons (Fsp3) is 0.357. The van der Waals surface area contributed by atoms with Crippen molar-refractivity contribution in [3.63, 3.8) is 0 Å². The molecule has 0 fully saturated rings. The summed E-state index contributed by atoms with van der Waals surface area (Å²) in [5, 5.41) is 5.68. The van der Waals surface area contributed by atoms with Crippen molar-refractivity contribution in [2.45, 2.75) is 13.5 Å². The summed E-state index contributed by atoms with van der Waals surface area (Å²) in [7, 11) is 5.94. The molecule has 0 atom stereocenters. The molecule has 3 rings (SSSR count). The maximum absolute atomic E-state index is 4.65. The maximum Gasteiger partial charge on any atom is 0.223 e. The van der Waals surface area contributed by atoms with Gasteiger partial charge in [-0.2, -0.15) is 4.98 Å². The van der Waals surface area contributed by atoms with Crippen LogP contribution in [-0.4, -0.2) is 38.4 Å². The molecule has 3 heterocycles. The fourth-order valence-corrected chi connectivity index (χ4v) is 2.35. The van der Waals surface area contributed by atoms with Gasteiger partial charge in [-0.05, 0) is 19.1 Å². The van der Waals surface area contributed by atoms with Crippen molar-refractivity contribution < 1.29 is 0 Å². The lowest BCUT2D eigenvalue weighted by atomic mass is 10.2. The van der Waals surface area contributed by atoms with E-state index in [-0.39, 0.29) is 0 Å². The van der Waals surface area contributed by atoms with Crippen molar-refractivity contribution in [1.29, 1.82) is 0 Å². The van der Waals surface area contributed by atoms with Crippen molar-refractivity contribution in [3.8, 4) is 11.4 Å². The smallest absolute Gasteiger partial charge is 0.223 e. The molecule has 0 aliphatic carbocycles. The molecule has 0 aliphatic rings. The Morgan fingerprint density at radius 3 is 2.70 bits per heavy atom. The molecule has 0 bridgehead atoms. The predicted molar refractivity (Wildman–Crippen MR) is 79.7 cm³/mol. The second-order valence-electron chi connectivity index (χ2n) is 4.97. The van der Waals surface area contributed by atoms with Gasteiger partial charge in [0.1, 0.15) is 5.65 Å². The first-order chi connectivity index (χ1) is 9.61. The van der Waals surface area contributed by atoms with Crippen LogP contribution in [0.2, 0.25) is 0 Å². The zero-order valence-corrected chi connectivity index (χ0v) is 12.2. The van der Waals surface area contributed by atoms with Crippen LogP contribution in [-0.2, 0) is 13.6 Å². The van der Waals surface area contributed by atoms with Gasteiger partial charge < -0.3 is 9.47 Å². The summed E-state index contributed by atoms with van der Waals surface area (Å²) in [4.78, 5) is 11.0. The van der Waals surface area contributed by atoms with Crippen molar-refractivity contribution in [1.82, 2.24) is 24.3 Å². The molecule has 0 spiro atoms. The van der Waals surface area contributed by atoms with Crippen LogP contribution in [0.15, 0.2) is 24.5 Å². The number of anilines is 1. The molecular formula is C14H18N6. The van der Waals surface area contributed by atoms with E-state index in [9.17, 15) is 0 Å². The average molecular weight is 270 g/mol. The first-order valence-corrected chi connectivity index (χ1v) is 6.64. The van der Waals surface area contributed by atoms with Crippen LogP contribution in [0.4, 0.5) is 5.95 Å². The predicted octanol–water partition coefficient (Wildman–Crippen LogP) is 1.92. The van der Waals surface area contributed by atoms with Gasteiger partial charge in [0.15, 0.2) is 5.82 Å². The summed E-state index contributed by atoms with van der Waals surface area (Å²) in [6, 6.07) is 4.02. The third-order valence-electron chi connectivity index (χ3n) is 3.36. The Morgan fingerprint density at radius 1 is 1.25 bits per heavy atom. The maximum atomic E-state index is 4.65. The highest BCUT2D eigenvalue weighted by atomic mass is 15.4. The number of aryl methyl sites for hydroxylation is 2. The molecule has 6 nitrogen and oxygen atoms in total. The zero-order valence-electron chi connectivity index (χ0n) is 12.2. The second-order valence-corrected chi connectivity index (χ2v) is 4.97. The van der Waals surface area contributed by atoms with Crippen LogP contribution >= 0.6 is 0 Å². The van der Waals surface area contributed by atoms with E-state index in [0.29, 0.717) is 0 Å². The summed E-state index contributed by atoms with van der Waals surface area (Å²) >= 11 is 0. The van der Waals surface area contributed by atoms with Crippen molar-refractivity contribution in [2.24, 2.45) is 7.05 Å². The molecule has 0 unspecified atom stereocenters. The van der Waals surface area contributed by atoms with Crippen LogP contribution in [0.3, 0.4) is 0 Å². The number of pyridine rings is 1. The Balaban J connectivity index is 2.21. The number of nitrogens with zero attached hydrogens (tertiary/aromatic N) is 6. The number of rotatable bonds is 3. The molecular weight excluding hydrogens is 252 g/mol. The van der Waals surface area contributed by atoms with Crippen molar-refractivity contribution in [2.75, 3.05) is 19.0 Å². The highest BCUT2D eigenvalue weighted by Gasteiger charge is 2.15. The summed E-state index contributed by atoms with van der Waals surface area (Å²) in [5.74, 6) is 1.61. The molecule has 0 amide bonds. The van der Waals surface area contributed by atoms with E-state index in [0.717, 1.165) is 34.9 Å². The Bertz CT molecular complexity index is 752. The van der Waals surface area contributed by atoms with Crippen LogP contribution in [0.1, 0.15) is 6.92 Å². The Morgan fingerprint density at radius 2 is 2.05 bits per heavy atom. The average Bonchev–Trinajstić information content (AvgIpc) is 3.03. The molecule has 104 valence electrons. The molecule has 0 saturated heterocycles. The molecule has 3 aromatic heterocycles. The number of hydrogen-bond donors (Lipinski definition) is 0. The summed E-state index contributed by atoms with van der Waals surface area (Å²) in [5.41, 5.74) is 1.97. The molecule has 0 saturated carbocycles. The molecule has 3 aromatic rings. The first-order valence-electron chi connectivity index (χ1n) is 6.64. The highest BCUT2D eigenvalue weighted by Crippen LogP contribution is 2.26. The van der Waals surface area contributed by atoms with Crippen LogP contribution < -0.4 is 4.90 Å². The van der Waals surface area contributed by atoms with E-state index in [2.05, 4.69) is 28.1 Å². The lowest BCUT2D eigenvalue weighted by Crippen LogP contribution is -2.15. The van der Waals surface area contributed by atoms with Gasteiger partial charge in [-0.1, -0.05) is 0 Å². The topological polar surface area (TPSA) is 51.8 Å². The Labute approximate surface area is 117 Å². The van der Waals surface area contributed by atoms with Crippen LogP contribution in [0.5, 0.6) is 0 Å². The quantitative estimate of drug-likeness (QED) is 0.729. The summed E-state index contributed by atoms with van der Waals surface area (Å²) in [6.07, 6.45) is 3.81. The second kappa shape index (κ2) is 4.63. The van der Waals surface area contributed by atoms with Crippen LogP contribution in [0.25, 0.3) is 22.4 Å². The molecule has 0 aliphatic heterocycles. The van der Waals surface area contributed by atoms with Crippen LogP contribution in [0, 0.1) is 0 Å². The minimum Gasteiger partial charge on any atom is -0.347 e. The summed E-state index contributed by atoms with van der Waals surface area (Å²) < 4.78 is 3.91. The van der Waals surface area contributed by atoms with E-state index in [1.54, 1.807) is 6.20 Å². The van der Waals surface area contributed by atoms with E-state index in [1.807, 2.05) is 47.6 Å². The monoisotopic (exact) mass is 270 g/mol. The Hall–Kier alpha value is -2.37. The van der Waals surface area contributed by atoms with E-state index < -0.39 is 0 Å². The van der Waals surface area contributed by atoms with Gasteiger partial charge in [-0.25, -0.2) is 9.67 Å². The van der Waals surface area contributed by atoms with Gasteiger partial charge in [-0.3, -0.25) is 0 Å². The van der Waals surface area contributed by atoms with Gasteiger partial charge in [-0.15, -0.1) is 5.10 Å².